The molecular weight excluding hydrogens is 202 g/mol. The predicted octanol–water partition coefficient (Wildman–Crippen LogP) is 1.65. The van der Waals surface area contributed by atoms with Crippen LogP contribution >= 0.6 is 0 Å². The fraction of sp³-hybridized carbons (Fsp3) is 1.00. The molecule has 0 aromatic heterocycles. The molecule has 0 aromatic rings. The van der Waals surface area contributed by atoms with E-state index in [1.54, 1.807) is 0 Å². The molecule has 0 radical (unpaired) electrons. The minimum Gasteiger partial charge on any atom is -0.392 e. The molecule has 2 rings (SSSR count). The van der Waals surface area contributed by atoms with Gasteiger partial charge in [0.15, 0.2) is 0 Å². The van der Waals surface area contributed by atoms with Gasteiger partial charge < -0.3 is 14.7 Å². The van der Waals surface area contributed by atoms with Gasteiger partial charge in [-0.3, -0.25) is 0 Å². The van der Waals surface area contributed by atoms with Gasteiger partial charge in [0.25, 0.3) is 0 Å². The van der Waals surface area contributed by atoms with Gasteiger partial charge in [0.1, 0.15) is 0 Å². The molecule has 1 aliphatic heterocycles. The Morgan fingerprint density at radius 3 is 2.44 bits per heavy atom. The van der Waals surface area contributed by atoms with E-state index in [1.165, 1.54) is 25.7 Å². The van der Waals surface area contributed by atoms with Crippen molar-refractivity contribution >= 4 is 0 Å². The number of hydrogen-bond donors (Lipinski definition) is 1. The van der Waals surface area contributed by atoms with Gasteiger partial charge in [0, 0.05) is 25.8 Å². The van der Waals surface area contributed by atoms with Crippen LogP contribution in [-0.2, 0) is 4.74 Å². The first-order chi connectivity index (χ1) is 7.77. The van der Waals surface area contributed by atoms with Crippen LogP contribution in [0.3, 0.4) is 0 Å². The molecular formula is C13H25NO2. The van der Waals surface area contributed by atoms with E-state index in [1.807, 2.05) is 0 Å². The number of rotatable bonds is 4. The van der Waals surface area contributed by atoms with Gasteiger partial charge in [-0.15, -0.1) is 0 Å². The standard InChI is InChI=1S/C13H25NO2/c1-14(12-6-8-16-9-7-12)10-13(15)11-4-2-3-5-11/h11-13,15H,2-10H2,1H3. The van der Waals surface area contributed by atoms with Crippen LogP contribution in [0.4, 0.5) is 0 Å². The van der Waals surface area contributed by atoms with Crippen LogP contribution in [0.15, 0.2) is 0 Å². The van der Waals surface area contributed by atoms with Crippen LogP contribution in [0, 0.1) is 5.92 Å². The summed E-state index contributed by atoms with van der Waals surface area (Å²) in [5.74, 6) is 0.558. The molecule has 1 N–H and O–H groups in total. The van der Waals surface area contributed by atoms with Crippen LogP contribution in [-0.4, -0.2) is 49.0 Å². The molecule has 0 amide bonds. The highest BCUT2D eigenvalue weighted by Gasteiger charge is 2.26. The summed E-state index contributed by atoms with van der Waals surface area (Å²) in [4.78, 5) is 2.34. The van der Waals surface area contributed by atoms with Crippen molar-refractivity contribution in [3.63, 3.8) is 0 Å². The van der Waals surface area contributed by atoms with Gasteiger partial charge in [-0.25, -0.2) is 0 Å². The first kappa shape index (κ1) is 12.3. The molecule has 1 atom stereocenters. The highest BCUT2D eigenvalue weighted by molar-refractivity contribution is 4.80. The lowest BCUT2D eigenvalue weighted by Crippen LogP contribution is -2.42. The van der Waals surface area contributed by atoms with Crippen molar-refractivity contribution in [3.05, 3.63) is 0 Å². The average molecular weight is 227 g/mol. The van der Waals surface area contributed by atoms with E-state index in [-0.39, 0.29) is 6.10 Å². The second-order valence-electron chi connectivity index (χ2n) is 5.40. The molecule has 0 bridgehead atoms. The van der Waals surface area contributed by atoms with Gasteiger partial charge in [-0.05, 0) is 38.6 Å². The largest absolute Gasteiger partial charge is 0.392 e. The lowest BCUT2D eigenvalue weighted by atomic mass is 9.99. The maximum absolute atomic E-state index is 10.2. The minimum atomic E-state index is -0.115. The van der Waals surface area contributed by atoms with Gasteiger partial charge >= 0.3 is 0 Å². The summed E-state index contributed by atoms with van der Waals surface area (Å²) in [6.45, 7) is 2.61. The van der Waals surface area contributed by atoms with E-state index >= 15 is 0 Å². The number of aliphatic hydroxyl groups excluding tert-OH is 1. The second-order valence-corrected chi connectivity index (χ2v) is 5.40. The fourth-order valence-corrected chi connectivity index (χ4v) is 3.06. The molecule has 1 saturated carbocycles. The molecule has 1 heterocycles. The van der Waals surface area contributed by atoms with Crippen LogP contribution in [0.5, 0.6) is 0 Å². The third-order valence-electron chi connectivity index (χ3n) is 4.23. The summed E-state index contributed by atoms with van der Waals surface area (Å²) in [5, 5.41) is 10.2. The van der Waals surface area contributed by atoms with Crippen LogP contribution < -0.4 is 0 Å². The van der Waals surface area contributed by atoms with Gasteiger partial charge in [0.2, 0.25) is 0 Å². The van der Waals surface area contributed by atoms with E-state index in [0.29, 0.717) is 12.0 Å². The maximum atomic E-state index is 10.2. The van der Waals surface area contributed by atoms with E-state index in [4.69, 9.17) is 4.74 Å². The van der Waals surface area contributed by atoms with Gasteiger partial charge in [0.05, 0.1) is 6.10 Å². The summed E-state index contributed by atoms with van der Waals surface area (Å²) >= 11 is 0. The minimum absolute atomic E-state index is 0.115. The summed E-state index contributed by atoms with van der Waals surface area (Å²) in [6, 6.07) is 0.616. The Bertz CT molecular complexity index is 198. The van der Waals surface area contributed by atoms with Crippen molar-refractivity contribution in [1.82, 2.24) is 4.90 Å². The lowest BCUT2D eigenvalue weighted by Gasteiger charge is -2.33. The fourth-order valence-electron chi connectivity index (χ4n) is 3.06. The predicted molar refractivity (Wildman–Crippen MR) is 64.4 cm³/mol. The quantitative estimate of drug-likeness (QED) is 0.792. The molecule has 0 spiro atoms. The molecule has 3 heteroatoms. The van der Waals surface area contributed by atoms with Crippen LogP contribution in [0.1, 0.15) is 38.5 Å². The summed E-state index contributed by atoms with van der Waals surface area (Å²) in [5.41, 5.74) is 0. The number of likely N-dealkylation sites (N-methyl/N-ethyl adjacent to an activating group) is 1. The normalized spacial score (nSPS) is 26.4. The zero-order valence-corrected chi connectivity index (χ0v) is 10.4. The molecule has 0 aromatic carbocycles. The van der Waals surface area contributed by atoms with E-state index < -0.39 is 0 Å². The number of aliphatic hydroxyl groups is 1. The molecule has 1 saturated heterocycles. The van der Waals surface area contributed by atoms with Crippen LogP contribution in [0.2, 0.25) is 0 Å². The molecule has 1 aliphatic carbocycles. The topological polar surface area (TPSA) is 32.7 Å². The Labute approximate surface area is 98.8 Å². The first-order valence-corrected chi connectivity index (χ1v) is 6.73. The summed E-state index contributed by atoms with van der Waals surface area (Å²) in [7, 11) is 2.15. The monoisotopic (exact) mass is 227 g/mol. The molecule has 2 aliphatic rings. The van der Waals surface area contributed by atoms with Crippen molar-refractivity contribution in [2.75, 3.05) is 26.8 Å². The summed E-state index contributed by atoms with van der Waals surface area (Å²) < 4.78 is 5.37. The highest BCUT2D eigenvalue weighted by Crippen LogP contribution is 2.28. The van der Waals surface area contributed by atoms with Crippen molar-refractivity contribution in [1.29, 1.82) is 0 Å². The number of hydrogen-bond acceptors (Lipinski definition) is 3. The third-order valence-corrected chi connectivity index (χ3v) is 4.23. The Morgan fingerprint density at radius 2 is 1.81 bits per heavy atom. The lowest BCUT2D eigenvalue weighted by molar-refractivity contribution is 0.0132. The number of nitrogens with zero attached hydrogens (tertiary/aromatic N) is 1. The van der Waals surface area contributed by atoms with E-state index in [9.17, 15) is 5.11 Å². The zero-order chi connectivity index (χ0) is 11.4. The molecule has 16 heavy (non-hydrogen) atoms. The third kappa shape index (κ3) is 3.19. The Morgan fingerprint density at radius 1 is 1.19 bits per heavy atom. The van der Waals surface area contributed by atoms with Crippen molar-refractivity contribution in [2.24, 2.45) is 5.92 Å². The highest BCUT2D eigenvalue weighted by atomic mass is 16.5. The van der Waals surface area contributed by atoms with Crippen LogP contribution in [0.25, 0.3) is 0 Å². The van der Waals surface area contributed by atoms with Gasteiger partial charge in [-0.2, -0.15) is 0 Å². The second kappa shape index (κ2) is 5.99. The Balaban J connectivity index is 1.74. The number of ether oxygens (including phenoxy) is 1. The molecule has 94 valence electrons. The SMILES string of the molecule is CN(CC(O)C1CCCC1)C1CCOCC1. The first-order valence-electron chi connectivity index (χ1n) is 6.73. The maximum Gasteiger partial charge on any atom is 0.0695 e. The molecule has 1 unspecified atom stereocenters. The molecule has 2 fully saturated rings. The zero-order valence-electron chi connectivity index (χ0n) is 10.4. The average Bonchev–Trinajstić information content (AvgIpc) is 2.83. The van der Waals surface area contributed by atoms with Crippen molar-refractivity contribution in [3.8, 4) is 0 Å². The smallest absolute Gasteiger partial charge is 0.0695 e. The van der Waals surface area contributed by atoms with Gasteiger partial charge in [-0.1, -0.05) is 12.8 Å². The van der Waals surface area contributed by atoms with Crippen molar-refractivity contribution < 1.29 is 9.84 Å². The Kier molecular flexibility index (Phi) is 4.62. The van der Waals surface area contributed by atoms with E-state index in [0.717, 1.165) is 32.6 Å². The summed E-state index contributed by atoms with van der Waals surface area (Å²) in [6.07, 6.45) is 7.19. The Hall–Kier alpha value is -0.120. The van der Waals surface area contributed by atoms with E-state index in [2.05, 4.69) is 11.9 Å². The molecule has 3 nitrogen and oxygen atoms in total. The van der Waals surface area contributed by atoms with Crippen molar-refractivity contribution in [2.45, 2.75) is 50.7 Å².